The van der Waals surface area contributed by atoms with Crippen LogP contribution in [-0.2, 0) is 6.42 Å². The molecular weight excluding hydrogens is 264 g/mol. The molecule has 3 rings (SSSR count). The maximum absolute atomic E-state index is 5.64. The van der Waals surface area contributed by atoms with Gasteiger partial charge in [0, 0.05) is 4.83 Å². The molecule has 2 aliphatic rings. The van der Waals surface area contributed by atoms with E-state index in [1.165, 1.54) is 36.8 Å². The van der Waals surface area contributed by atoms with Crippen LogP contribution in [0.3, 0.4) is 0 Å². The molecule has 1 atom stereocenters. The summed E-state index contributed by atoms with van der Waals surface area (Å²) in [5, 5.41) is 0. The van der Waals surface area contributed by atoms with Gasteiger partial charge in [-0.3, -0.25) is 0 Å². The Kier molecular flexibility index (Phi) is 2.93. The standard InChI is InChI=1S/C14H17BrO/c15-13(8-10-3-4-10)11-5-6-14-12(9-11)2-1-7-16-14/h5-6,9-10,13H,1-4,7-8H2. The molecule has 1 aromatic rings. The molecule has 1 heterocycles. The Bertz CT molecular complexity index is 384. The molecular formula is C14H17BrO. The lowest BCUT2D eigenvalue weighted by molar-refractivity contribution is 0.288. The normalized spacial score (nSPS) is 21.1. The summed E-state index contributed by atoms with van der Waals surface area (Å²) in [5.41, 5.74) is 2.82. The lowest BCUT2D eigenvalue weighted by atomic mass is 10.00. The van der Waals surface area contributed by atoms with Gasteiger partial charge in [0.2, 0.25) is 0 Å². The second kappa shape index (κ2) is 4.40. The maximum atomic E-state index is 5.64. The third kappa shape index (κ3) is 2.27. The number of hydrogen-bond donors (Lipinski definition) is 0. The van der Waals surface area contributed by atoms with Crippen molar-refractivity contribution in [2.75, 3.05) is 6.61 Å². The molecule has 0 N–H and O–H groups in total. The van der Waals surface area contributed by atoms with Crippen LogP contribution in [0.25, 0.3) is 0 Å². The quantitative estimate of drug-likeness (QED) is 0.753. The molecule has 1 aliphatic heterocycles. The van der Waals surface area contributed by atoms with E-state index in [2.05, 4.69) is 34.1 Å². The van der Waals surface area contributed by atoms with Crippen LogP contribution in [-0.4, -0.2) is 6.61 Å². The van der Waals surface area contributed by atoms with E-state index in [1.54, 1.807) is 0 Å². The van der Waals surface area contributed by atoms with Crippen molar-refractivity contribution < 1.29 is 4.74 Å². The van der Waals surface area contributed by atoms with Crippen molar-refractivity contribution in [2.45, 2.75) is 36.9 Å². The number of rotatable bonds is 3. The highest BCUT2D eigenvalue weighted by atomic mass is 79.9. The van der Waals surface area contributed by atoms with Gasteiger partial charge < -0.3 is 4.74 Å². The lowest BCUT2D eigenvalue weighted by Gasteiger charge is -2.19. The van der Waals surface area contributed by atoms with Crippen LogP contribution >= 0.6 is 15.9 Å². The summed E-state index contributed by atoms with van der Waals surface area (Å²) >= 11 is 3.81. The van der Waals surface area contributed by atoms with Gasteiger partial charge in [-0.15, -0.1) is 0 Å². The van der Waals surface area contributed by atoms with E-state index >= 15 is 0 Å². The first-order valence-corrected chi connectivity index (χ1v) is 7.14. The second-order valence-corrected chi connectivity index (χ2v) is 6.07. The monoisotopic (exact) mass is 280 g/mol. The fourth-order valence-electron chi connectivity index (χ4n) is 2.36. The smallest absolute Gasteiger partial charge is 0.122 e. The lowest BCUT2D eigenvalue weighted by Crippen LogP contribution is -2.08. The van der Waals surface area contributed by atoms with E-state index in [-0.39, 0.29) is 0 Å². The van der Waals surface area contributed by atoms with Crippen molar-refractivity contribution >= 4 is 15.9 Å². The molecule has 1 fully saturated rings. The van der Waals surface area contributed by atoms with Gasteiger partial charge in [-0.05, 0) is 42.4 Å². The van der Waals surface area contributed by atoms with Gasteiger partial charge >= 0.3 is 0 Å². The van der Waals surface area contributed by atoms with Crippen LogP contribution < -0.4 is 4.74 Å². The molecule has 16 heavy (non-hydrogen) atoms. The van der Waals surface area contributed by atoms with Gasteiger partial charge in [0.15, 0.2) is 0 Å². The molecule has 0 bridgehead atoms. The van der Waals surface area contributed by atoms with E-state index in [0.717, 1.165) is 24.7 Å². The van der Waals surface area contributed by atoms with Gasteiger partial charge in [0.1, 0.15) is 5.75 Å². The zero-order chi connectivity index (χ0) is 11.0. The molecule has 1 unspecified atom stereocenters. The first kappa shape index (κ1) is 10.6. The average Bonchev–Trinajstić information content (AvgIpc) is 3.12. The van der Waals surface area contributed by atoms with Crippen LogP contribution in [0.5, 0.6) is 5.75 Å². The Hall–Kier alpha value is -0.500. The van der Waals surface area contributed by atoms with E-state index in [4.69, 9.17) is 4.74 Å². The summed E-state index contributed by atoms with van der Waals surface area (Å²) in [6.07, 6.45) is 6.48. The zero-order valence-corrected chi connectivity index (χ0v) is 11.0. The first-order chi connectivity index (χ1) is 7.83. The first-order valence-electron chi connectivity index (χ1n) is 6.22. The minimum absolute atomic E-state index is 0.534. The Balaban J connectivity index is 1.78. The molecule has 0 saturated heterocycles. The minimum atomic E-state index is 0.534. The molecule has 1 saturated carbocycles. The molecule has 1 aromatic carbocycles. The summed E-state index contributed by atoms with van der Waals surface area (Å²) in [7, 11) is 0. The number of halogens is 1. The fraction of sp³-hybridized carbons (Fsp3) is 0.571. The van der Waals surface area contributed by atoms with Gasteiger partial charge in [-0.25, -0.2) is 0 Å². The third-order valence-corrected chi connectivity index (χ3v) is 4.43. The summed E-state index contributed by atoms with van der Waals surface area (Å²) in [6.45, 7) is 0.881. The third-order valence-electron chi connectivity index (χ3n) is 3.53. The summed E-state index contributed by atoms with van der Waals surface area (Å²) in [6, 6.07) is 6.69. The largest absolute Gasteiger partial charge is 0.493 e. The van der Waals surface area contributed by atoms with Crippen LogP contribution in [0.15, 0.2) is 18.2 Å². The Morgan fingerprint density at radius 3 is 3.06 bits per heavy atom. The molecule has 0 radical (unpaired) electrons. The van der Waals surface area contributed by atoms with Crippen LogP contribution in [0, 0.1) is 5.92 Å². The van der Waals surface area contributed by atoms with Gasteiger partial charge in [-0.2, -0.15) is 0 Å². The van der Waals surface area contributed by atoms with Gasteiger partial charge in [0.05, 0.1) is 6.61 Å². The molecule has 1 nitrogen and oxygen atoms in total. The second-order valence-electron chi connectivity index (χ2n) is 4.97. The average molecular weight is 281 g/mol. The fourth-order valence-corrected chi connectivity index (χ4v) is 3.17. The Morgan fingerprint density at radius 2 is 2.25 bits per heavy atom. The summed E-state index contributed by atoms with van der Waals surface area (Å²) in [5.74, 6) is 2.07. The van der Waals surface area contributed by atoms with Crippen molar-refractivity contribution in [1.29, 1.82) is 0 Å². The van der Waals surface area contributed by atoms with Crippen LogP contribution in [0.1, 0.15) is 41.6 Å². The van der Waals surface area contributed by atoms with E-state index in [0.29, 0.717) is 4.83 Å². The number of alkyl halides is 1. The predicted octanol–water partition coefficient (Wildman–Crippen LogP) is 4.25. The maximum Gasteiger partial charge on any atom is 0.122 e. The SMILES string of the molecule is BrC(CC1CC1)c1ccc2c(c1)CCCO2. The van der Waals surface area contributed by atoms with E-state index in [1.807, 2.05) is 0 Å². The molecule has 86 valence electrons. The van der Waals surface area contributed by atoms with E-state index < -0.39 is 0 Å². The molecule has 1 aliphatic carbocycles. The van der Waals surface area contributed by atoms with Crippen LogP contribution in [0.4, 0.5) is 0 Å². The molecule has 0 spiro atoms. The van der Waals surface area contributed by atoms with Gasteiger partial charge in [-0.1, -0.05) is 40.9 Å². The van der Waals surface area contributed by atoms with Crippen molar-refractivity contribution in [2.24, 2.45) is 5.92 Å². The number of fused-ring (bicyclic) bond motifs is 1. The molecule has 0 aromatic heterocycles. The molecule has 2 heteroatoms. The number of ether oxygens (including phenoxy) is 1. The highest BCUT2D eigenvalue weighted by Crippen LogP contribution is 2.42. The predicted molar refractivity (Wildman–Crippen MR) is 69.3 cm³/mol. The minimum Gasteiger partial charge on any atom is -0.493 e. The molecule has 0 amide bonds. The topological polar surface area (TPSA) is 9.23 Å². The Labute approximate surface area is 105 Å². The van der Waals surface area contributed by atoms with E-state index in [9.17, 15) is 0 Å². The number of hydrogen-bond acceptors (Lipinski definition) is 1. The number of aryl methyl sites for hydroxylation is 1. The number of benzene rings is 1. The summed E-state index contributed by atoms with van der Waals surface area (Å²) < 4.78 is 5.64. The van der Waals surface area contributed by atoms with Gasteiger partial charge in [0.25, 0.3) is 0 Å². The highest BCUT2D eigenvalue weighted by Gasteiger charge is 2.25. The Morgan fingerprint density at radius 1 is 1.38 bits per heavy atom. The summed E-state index contributed by atoms with van der Waals surface area (Å²) in [4.78, 5) is 0.534. The van der Waals surface area contributed by atoms with Crippen molar-refractivity contribution in [3.8, 4) is 5.75 Å². The zero-order valence-electron chi connectivity index (χ0n) is 9.42. The van der Waals surface area contributed by atoms with Crippen molar-refractivity contribution in [1.82, 2.24) is 0 Å². The van der Waals surface area contributed by atoms with Crippen molar-refractivity contribution in [3.63, 3.8) is 0 Å². The highest BCUT2D eigenvalue weighted by molar-refractivity contribution is 9.09. The van der Waals surface area contributed by atoms with Crippen LogP contribution in [0.2, 0.25) is 0 Å². The van der Waals surface area contributed by atoms with Crippen molar-refractivity contribution in [3.05, 3.63) is 29.3 Å².